The molecule has 1 fully saturated rings. The third-order valence-corrected chi connectivity index (χ3v) is 6.22. The fraction of sp³-hybridized carbons (Fsp3) is 0.368. The van der Waals surface area contributed by atoms with Crippen LogP contribution in [0.2, 0.25) is 0 Å². The average molecular weight is 378 g/mol. The first-order valence-corrected chi connectivity index (χ1v) is 9.89. The predicted molar refractivity (Wildman–Crippen MR) is 99.3 cm³/mol. The molecule has 140 valence electrons. The van der Waals surface area contributed by atoms with Crippen LogP contribution < -0.4 is 15.2 Å². The summed E-state index contributed by atoms with van der Waals surface area (Å²) in [5.41, 5.74) is 1.75. The molecule has 2 aromatic carbocycles. The molecule has 0 radical (unpaired) electrons. The lowest BCUT2D eigenvalue weighted by Crippen LogP contribution is -2.11. The van der Waals surface area contributed by atoms with E-state index in [1.54, 1.807) is 25.3 Å². The molecule has 2 atom stereocenters. The summed E-state index contributed by atoms with van der Waals surface area (Å²) in [5.74, 6) is 0.886. The van der Waals surface area contributed by atoms with Crippen molar-refractivity contribution in [2.24, 2.45) is 16.5 Å². The van der Waals surface area contributed by atoms with Crippen LogP contribution in [0, 0.1) is 17.2 Å². The summed E-state index contributed by atoms with van der Waals surface area (Å²) in [6.45, 7) is 5.00. The zero-order valence-electron chi connectivity index (χ0n) is 15.0. The number of rotatable bonds is 6. The molecule has 26 heavy (non-hydrogen) atoms. The van der Waals surface area contributed by atoms with Crippen LogP contribution in [-0.4, -0.2) is 22.1 Å². The predicted octanol–water partition coefficient (Wildman–Crippen LogP) is 3.33. The lowest BCUT2D eigenvalue weighted by atomic mass is 10.0. The summed E-state index contributed by atoms with van der Waals surface area (Å²) in [4.78, 5) is 0.110. The summed E-state index contributed by atoms with van der Waals surface area (Å²) in [5, 5.41) is 8.43. The van der Waals surface area contributed by atoms with Crippen LogP contribution in [0.4, 0.5) is 10.1 Å². The van der Waals surface area contributed by atoms with Gasteiger partial charge in [-0.3, -0.25) is 0 Å². The third kappa shape index (κ3) is 3.54. The van der Waals surface area contributed by atoms with Gasteiger partial charge in [0.2, 0.25) is 10.0 Å². The highest BCUT2D eigenvalue weighted by atomic mass is 32.2. The van der Waals surface area contributed by atoms with Crippen LogP contribution in [0.15, 0.2) is 47.4 Å². The minimum Gasteiger partial charge on any atom is -0.495 e. The van der Waals surface area contributed by atoms with Crippen molar-refractivity contribution in [2.45, 2.75) is 24.7 Å². The van der Waals surface area contributed by atoms with E-state index in [-0.39, 0.29) is 22.0 Å². The molecule has 3 rings (SSSR count). The largest absolute Gasteiger partial charge is 0.495 e. The zero-order valence-corrected chi connectivity index (χ0v) is 15.8. The fourth-order valence-corrected chi connectivity index (χ4v) is 4.21. The number of benzene rings is 2. The maximum Gasteiger partial charge on any atom is 0.238 e. The number of nitrogens with two attached hydrogens (primary N) is 1. The van der Waals surface area contributed by atoms with Crippen molar-refractivity contribution in [3.8, 4) is 5.75 Å². The van der Waals surface area contributed by atoms with Crippen LogP contribution >= 0.6 is 0 Å². The molecule has 0 unspecified atom stereocenters. The highest BCUT2D eigenvalue weighted by molar-refractivity contribution is 7.89. The van der Waals surface area contributed by atoms with E-state index in [1.165, 1.54) is 12.1 Å². The second-order valence-corrected chi connectivity index (χ2v) is 8.81. The Balaban J connectivity index is 1.73. The molecule has 3 N–H and O–H groups in total. The Bertz CT molecular complexity index is 911. The Morgan fingerprint density at radius 2 is 1.85 bits per heavy atom. The van der Waals surface area contributed by atoms with Crippen LogP contribution in [0.1, 0.15) is 25.3 Å². The number of hydrogen-bond donors (Lipinski definition) is 2. The molecule has 7 heteroatoms. The summed E-state index contributed by atoms with van der Waals surface area (Å²) in [7, 11) is -2.14. The first kappa shape index (κ1) is 18.7. The maximum absolute atomic E-state index is 13.5. The van der Waals surface area contributed by atoms with Crippen molar-refractivity contribution in [1.82, 2.24) is 0 Å². The monoisotopic (exact) mass is 378 g/mol. The molecule has 2 aromatic rings. The third-order valence-electron chi connectivity index (χ3n) is 5.29. The van der Waals surface area contributed by atoms with E-state index in [0.717, 1.165) is 5.56 Å². The minimum absolute atomic E-state index is 0.0522. The topological polar surface area (TPSA) is 81.4 Å². The molecule has 0 spiro atoms. The Morgan fingerprint density at radius 1 is 1.19 bits per heavy atom. The molecular weight excluding hydrogens is 355 g/mol. The van der Waals surface area contributed by atoms with E-state index < -0.39 is 10.0 Å². The van der Waals surface area contributed by atoms with Gasteiger partial charge in [0.05, 0.1) is 17.7 Å². The SMILES string of the molecule is COc1ccc(F)cc1NC[C@H]1[C@H](c2ccc(S(N)(=O)=O)cc2)C1(C)C. The number of primary sulfonamides is 1. The van der Waals surface area contributed by atoms with Crippen LogP contribution in [0.3, 0.4) is 0 Å². The molecule has 0 bridgehead atoms. The van der Waals surface area contributed by atoms with Gasteiger partial charge in [0, 0.05) is 12.6 Å². The second-order valence-electron chi connectivity index (χ2n) is 7.25. The van der Waals surface area contributed by atoms with Crippen molar-refractivity contribution in [3.63, 3.8) is 0 Å². The summed E-state index contributed by atoms with van der Waals surface area (Å²) < 4.78 is 41.5. The van der Waals surface area contributed by atoms with Gasteiger partial charge in [-0.15, -0.1) is 0 Å². The first-order chi connectivity index (χ1) is 12.1. The minimum atomic E-state index is -3.69. The number of halogens is 1. The molecule has 0 aliphatic heterocycles. The summed E-state index contributed by atoms with van der Waals surface area (Å²) in [6.07, 6.45) is 0. The molecule has 1 saturated carbocycles. The van der Waals surface area contributed by atoms with Crippen LogP contribution in [0.5, 0.6) is 5.75 Å². The standard InChI is InChI=1S/C19H23FN2O3S/c1-19(2)15(11-22-16-10-13(20)6-9-17(16)25-3)18(19)12-4-7-14(8-5-12)26(21,23)24/h4-10,15,18,22H,11H2,1-3H3,(H2,21,23,24)/t15-,18-/m0/s1. The van der Waals surface area contributed by atoms with Crippen molar-refractivity contribution >= 4 is 15.7 Å². The van der Waals surface area contributed by atoms with Gasteiger partial charge in [-0.05, 0) is 47.1 Å². The smallest absolute Gasteiger partial charge is 0.238 e. The van der Waals surface area contributed by atoms with Gasteiger partial charge < -0.3 is 10.1 Å². The van der Waals surface area contributed by atoms with Gasteiger partial charge in [-0.2, -0.15) is 0 Å². The van der Waals surface area contributed by atoms with E-state index >= 15 is 0 Å². The van der Waals surface area contributed by atoms with Gasteiger partial charge in [0.15, 0.2) is 0 Å². The Kier molecular flexibility index (Phi) is 4.71. The molecule has 0 heterocycles. The number of sulfonamides is 1. The van der Waals surface area contributed by atoms with E-state index in [2.05, 4.69) is 19.2 Å². The van der Waals surface area contributed by atoms with Crippen molar-refractivity contribution in [2.75, 3.05) is 19.0 Å². The molecule has 1 aliphatic carbocycles. The highest BCUT2D eigenvalue weighted by Gasteiger charge is 2.57. The molecule has 5 nitrogen and oxygen atoms in total. The second kappa shape index (κ2) is 6.55. The van der Waals surface area contributed by atoms with Crippen molar-refractivity contribution < 1.29 is 17.5 Å². The Morgan fingerprint density at radius 3 is 2.42 bits per heavy atom. The van der Waals surface area contributed by atoms with Crippen molar-refractivity contribution in [3.05, 3.63) is 53.8 Å². The fourth-order valence-electron chi connectivity index (χ4n) is 3.69. The average Bonchev–Trinajstić information content (AvgIpc) is 3.13. The Hall–Kier alpha value is -2.12. The van der Waals surface area contributed by atoms with E-state index in [0.29, 0.717) is 23.9 Å². The maximum atomic E-state index is 13.5. The normalized spacial score (nSPS) is 21.3. The molecule has 1 aliphatic rings. The van der Waals surface area contributed by atoms with E-state index in [1.807, 2.05) is 12.1 Å². The van der Waals surface area contributed by atoms with Gasteiger partial charge in [-0.1, -0.05) is 26.0 Å². The highest BCUT2D eigenvalue weighted by Crippen LogP contribution is 2.64. The lowest BCUT2D eigenvalue weighted by Gasteiger charge is -2.11. The zero-order chi connectivity index (χ0) is 19.1. The van der Waals surface area contributed by atoms with E-state index in [4.69, 9.17) is 9.88 Å². The number of ether oxygens (including phenoxy) is 1. The number of methoxy groups -OCH3 is 1. The van der Waals surface area contributed by atoms with Gasteiger partial charge in [0.1, 0.15) is 11.6 Å². The quantitative estimate of drug-likeness (QED) is 0.808. The summed E-state index contributed by atoms with van der Waals surface area (Å²) >= 11 is 0. The lowest BCUT2D eigenvalue weighted by molar-refractivity contribution is 0.415. The van der Waals surface area contributed by atoms with Crippen molar-refractivity contribution in [1.29, 1.82) is 0 Å². The van der Waals surface area contributed by atoms with Crippen LogP contribution in [0.25, 0.3) is 0 Å². The van der Waals surface area contributed by atoms with Gasteiger partial charge in [-0.25, -0.2) is 17.9 Å². The summed E-state index contributed by atoms with van der Waals surface area (Å²) in [6, 6.07) is 11.1. The number of nitrogens with one attached hydrogen (secondary N) is 1. The van der Waals surface area contributed by atoms with Gasteiger partial charge >= 0.3 is 0 Å². The molecule has 0 aromatic heterocycles. The molecule has 0 saturated heterocycles. The van der Waals surface area contributed by atoms with E-state index in [9.17, 15) is 12.8 Å². The molecule has 0 amide bonds. The Labute approximate surface area is 153 Å². The van der Waals surface area contributed by atoms with Gasteiger partial charge in [0.25, 0.3) is 0 Å². The number of hydrogen-bond acceptors (Lipinski definition) is 4. The first-order valence-electron chi connectivity index (χ1n) is 8.35. The van der Waals surface area contributed by atoms with Crippen LogP contribution in [-0.2, 0) is 10.0 Å². The number of anilines is 1. The molecular formula is C19H23FN2O3S.